The number of carbonyl (C=O) groups excluding carboxylic acids is 2. The lowest BCUT2D eigenvalue weighted by atomic mass is 10.1. The fourth-order valence-electron chi connectivity index (χ4n) is 4.12. The van der Waals surface area contributed by atoms with Crippen molar-refractivity contribution in [3.8, 4) is 0 Å². The molecule has 1 saturated heterocycles. The highest BCUT2D eigenvalue weighted by Crippen LogP contribution is 2.33. The van der Waals surface area contributed by atoms with Crippen molar-refractivity contribution in [1.82, 2.24) is 9.55 Å². The third-order valence-corrected chi connectivity index (χ3v) is 5.56. The fraction of sp³-hybridized carbons (Fsp3) is 0.286. The Morgan fingerprint density at radius 2 is 1.81 bits per heavy atom. The van der Waals surface area contributed by atoms with Crippen LogP contribution in [0.1, 0.15) is 18.9 Å². The molecule has 1 atom stereocenters. The molecule has 1 aromatic heterocycles. The first-order valence-electron chi connectivity index (χ1n) is 9.35. The summed E-state index contributed by atoms with van der Waals surface area (Å²) in [6.45, 7) is 3.55. The molecule has 0 spiro atoms. The molecule has 0 bridgehead atoms. The lowest BCUT2D eigenvalue weighted by Crippen LogP contribution is -2.41. The number of hydrogen-bond acceptors (Lipinski definition) is 4. The van der Waals surface area contributed by atoms with Crippen LogP contribution in [0.5, 0.6) is 0 Å². The number of imide groups is 1. The molecule has 2 amide bonds. The summed E-state index contributed by atoms with van der Waals surface area (Å²) in [5, 5.41) is 0. The fourth-order valence-corrected chi connectivity index (χ4v) is 4.12. The highest BCUT2D eigenvalue weighted by atomic mass is 16.2. The number of imidazole rings is 1. The van der Waals surface area contributed by atoms with Gasteiger partial charge in [0.15, 0.2) is 0 Å². The second-order valence-electron chi connectivity index (χ2n) is 7.05. The maximum atomic E-state index is 13.1. The number of nitrogens with zero attached hydrogens (tertiary/aromatic N) is 4. The normalized spacial score (nSPS) is 19.4. The number of hydrogen-bond donors (Lipinski definition) is 0. The molecule has 5 rings (SSSR count). The van der Waals surface area contributed by atoms with Crippen LogP contribution in [-0.2, 0) is 22.6 Å². The van der Waals surface area contributed by atoms with Crippen LogP contribution in [-0.4, -0.2) is 34.0 Å². The quantitative estimate of drug-likeness (QED) is 0.674. The van der Waals surface area contributed by atoms with Gasteiger partial charge in [-0.05, 0) is 36.2 Å². The van der Waals surface area contributed by atoms with E-state index in [2.05, 4.69) is 11.5 Å². The number of amides is 2. The van der Waals surface area contributed by atoms with Gasteiger partial charge in [-0.2, -0.15) is 0 Å². The summed E-state index contributed by atoms with van der Waals surface area (Å²) in [4.78, 5) is 33.8. The van der Waals surface area contributed by atoms with Gasteiger partial charge in [0.05, 0.1) is 23.1 Å². The van der Waals surface area contributed by atoms with Gasteiger partial charge in [0.25, 0.3) is 5.91 Å². The van der Waals surface area contributed by atoms with E-state index in [0.717, 1.165) is 29.9 Å². The van der Waals surface area contributed by atoms with Crippen molar-refractivity contribution in [2.75, 3.05) is 16.3 Å². The maximum Gasteiger partial charge on any atom is 0.257 e. The molecular weight excluding hydrogens is 340 g/mol. The van der Waals surface area contributed by atoms with E-state index in [-0.39, 0.29) is 18.2 Å². The second-order valence-corrected chi connectivity index (χ2v) is 7.05. The van der Waals surface area contributed by atoms with Crippen LogP contribution in [0.3, 0.4) is 0 Å². The molecule has 0 radical (unpaired) electrons. The van der Waals surface area contributed by atoms with E-state index < -0.39 is 6.04 Å². The first kappa shape index (κ1) is 16.1. The lowest BCUT2D eigenvalue weighted by Gasteiger charge is -2.22. The van der Waals surface area contributed by atoms with E-state index in [1.807, 2.05) is 53.4 Å². The van der Waals surface area contributed by atoms with E-state index in [4.69, 9.17) is 4.98 Å². The summed E-state index contributed by atoms with van der Waals surface area (Å²) in [6, 6.07) is 15.1. The molecular formula is C21H20N4O2. The Morgan fingerprint density at radius 1 is 1.04 bits per heavy atom. The zero-order valence-corrected chi connectivity index (χ0v) is 15.1. The molecule has 0 saturated carbocycles. The molecule has 1 unspecified atom stereocenters. The number of fused-ring (bicyclic) bond motifs is 3. The van der Waals surface area contributed by atoms with Gasteiger partial charge in [-0.1, -0.05) is 31.2 Å². The predicted octanol–water partition coefficient (Wildman–Crippen LogP) is 2.75. The van der Waals surface area contributed by atoms with Crippen molar-refractivity contribution in [3.05, 3.63) is 54.1 Å². The van der Waals surface area contributed by atoms with Gasteiger partial charge in [-0.25, -0.2) is 9.88 Å². The molecule has 0 aliphatic carbocycles. The van der Waals surface area contributed by atoms with Crippen LogP contribution >= 0.6 is 0 Å². The molecule has 136 valence electrons. The Labute approximate surface area is 157 Å². The highest BCUT2D eigenvalue weighted by molar-refractivity contribution is 6.23. The summed E-state index contributed by atoms with van der Waals surface area (Å²) < 4.78 is 2.13. The Morgan fingerprint density at radius 3 is 2.59 bits per heavy atom. The zero-order valence-electron chi connectivity index (χ0n) is 15.1. The van der Waals surface area contributed by atoms with E-state index in [0.29, 0.717) is 12.2 Å². The van der Waals surface area contributed by atoms with Gasteiger partial charge in [-0.15, -0.1) is 0 Å². The van der Waals surface area contributed by atoms with Crippen molar-refractivity contribution in [2.24, 2.45) is 0 Å². The molecule has 2 aromatic carbocycles. The van der Waals surface area contributed by atoms with Crippen molar-refractivity contribution < 1.29 is 9.59 Å². The summed E-state index contributed by atoms with van der Waals surface area (Å²) in [5.74, 6) is 0.471. The second kappa shape index (κ2) is 5.94. The average Bonchev–Trinajstić information content (AvgIpc) is 3.34. The molecule has 1 fully saturated rings. The van der Waals surface area contributed by atoms with Gasteiger partial charge in [-0.3, -0.25) is 9.59 Å². The monoisotopic (exact) mass is 360 g/mol. The van der Waals surface area contributed by atoms with Crippen molar-refractivity contribution in [1.29, 1.82) is 0 Å². The lowest BCUT2D eigenvalue weighted by molar-refractivity contribution is -0.121. The van der Waals surface area contributed by atoms with Crippen molar-refractivity contribution in [2.45, 2.75) is 32.4 Å². The average molecular weight is 360 g/mol. The Hall–Kier alpha value is -3.15. The Balaban J connectivity index is 1.47. The first-order chi connectivity index (χ1) is 13.2. The van der Waals surface area contributed by atoms with Crippen LogP contribution in [0.15, 0.2) is 48.5 Å². The number of para-hydroxylation sites is 2. The molecule has 3 heterocycles. The van der Waals surface area contributed by atoms with E-state index in [9.17, 15) is 9.59 Å². The number of rotatable bonds is 3. The van der Waals surface area contributed by atoms with Crippen LogP contribution in [0.4, 0.5) is 11.6 Å². The third kappa shape index (κ3) is 2.36. The van der Waals surface area contributed by atoms with Gasteiger partial charge in [0.1, 0.15) is 6.04 Å². The number of carbonyl (C=O) groups is 2. The summed E-state index contributed by atoms with van der Waals surface area (Å²) in [5.41, 5.74) is 3.82. The Bertz CT molecular complexity index is 1050. The zero-order chi connectivity index (χ0) is 18.5. The summed E-state index contributed by atoms with van der Waals surface area (Å²) >= 11 is 0. The number of anilines is 2. The standard InChI is InChI=1S/C21H20N4O2/c1-2-14-7-9-15(10-8-14)25-19(26)13-18(20(25)27)24-12-11-23-17-6-4-3-5-16(17)22-21(23)24/h3-10,18H,2,11-13H2,1H3. The van der Waals surface area contributed by atoms with Gasteiger partial charge in [0, 0.05) is 13.1 Å². The minimum absolute atomic E-state index is 0.149. The van der Waals surface area contributed by atoms with Crippen molar-refractivity contribution in [3.63, 3.8) is 0 Å². The minimum Gasteiger partial charge on any atom is -0.328 e. The maximum absolute atomic E-state index is 13.1. The molecule has 27 heavy (non-hydrogen) atoms. The molecule has 2 aliphatic heterocycles. The molecule has 2 aliphatic rings. The molecule has 6 heteroatoms. The molecule has 6 nitrogen and oxygen atoms in total. The van der Waals surface area contributed by atoms with Gasteiger partial charge >= 0.3 is 0 Å². The summed E-state index contributed by atoms with van der Waals surface area (Å²) in [6.07, 6.45) is 1.12. The topological polar surface area (TPSA) is 58.4 Å². The van der Waals surface area contributed by atoms with Crippen LogP contribution in [0.25, 0.3) is 11.0 Å². The third-order valence-electron chi connectivity index (χ3n) is 5.56. The smallest absolute Gasteiger partial charge is 0.257 e. The van der Waals surface area contributed by atoms with Crippen LogP contribution in [0.2, 0.25) is 0 Å². The van der Waals surface area contributed by atoms with Crippen molar-refractivity contribution >= 4 is 34.5 Å². The summed E-state index contributed by atoms with van der Waals surface area (Å²) in [7, 11) is 0. The van der Waals surface area contributed by atoms with E-state index in [1.165, 1.54) is 10.5 Å². The SMILES string of the molecule is CCc1ccc(N2C(=O)CC(N3CCn4c3nc3ccccc34)C2=O)cc1. The van der Waals surface area contributed by atoms with E-state index in [1.54, 1.807) is 0 Å². The van der Waals surface area contributed by atoms with E-state index >= 15 is 0 Å². The molecule has 0 N–H and O–H groups in total. The first-order valence-corrected chi connectivity index (χ1v) is 9.35. The largest absolute Gasteiger partial charge is 0.328 e. The number of aryl methyl sites for hydroxylation is 1. The van der Waals surface area contributed by atoms with Gasteiger partial charge < -0.3 is 9.47 Å². The number of aromatic nitrogens is 2. The molecule has 3 aromatic rings. The number of benzene rings is 2. The predicted molar refractivity (Wildman–Crippen MR) is 104 cm³/mol. The highest BCUT2D eigenvalue weighted by Gasteiger charge is 2.45. The Kier molecular flexibility index (Phi) is 3.53. The van der Waals surface area contributed by atoms with Crippen LogP contribution in [0, 0.1) is 0 Å². The van der Waals surface area contributed by atoms with Crippen LogP contribution < -0.4 is 9.80 Å². The van der Waals surface area contributed by atoms with Gasteiger partial charge in [0.2, 0.25) is 11.9 Å². The minimum atomic E-state index is -0.485.